The highest BCUT2D eigenvalue weighted by Gasteiger charge is 2.26. The Morgan fingerprint density at radius 2 is 2.28 bits per heavy atom. The number of halogens is 2. The summed E-state index contributed by atoms with van der Waals surface area (Å²) in [6.07, 6.45) is 3.00. The van der Waals surface area contributed by atoms with Crippen LogP contribution in [-0.4, -0.2) is 23.3 Å². The van der Waals surface area contributed by atoms with E-state index in [0.29, 0.717) is 12.1 Å². The average Bonchev–Trinajstić information content (AvgIpc) is 2.35. The highest BCUT2D eigenvalue weighted by atomic mass is 35.5. The lowest BCUT2D eigenvalue weighted by atomic mass is 9.98. The zero-order valence-corrected chi connectivity index (χ0v) is 11.2. The molecule has 0 aliphatic carbocycles. The molecule has 1 aromatic carbocycles. The van der Waals surface area contributed by atoms with Gasteiger partial charge >= 0.3 is 0 Å². The topological polar surface area (TPSA) is 20.3 Å². The van der Waals surface area contributed by atoms with E-state index < -0.39 is 0 Å². The first-order valence-corrected chi connectivity index (χ1v) is 6.65. The molecule has 0 amide bonds. The van der Waals surface area contributed by atoms with Gasteiger partial charge in [-0.05, 0) is 32.4 Å². The molecule has 4 heteroatoms. The smallest absolute Gasteiger partial charge is 0.146 e. The Labute approximate surface area is 112 Å². The summed E-state index contributed by atoms with van der Waals surface area (Å²) in [7, 11) is 0. The number of benzene rings is 1. The molecule has 0 aromatic heterocycles. The fourth-order valence-electron chi connectivity index (χ4n) is 2.53. The number of hydrogen-bond donors (Lipinski definition) is 0. The maximum absolute atomic E-state index is 13.8. The Morgan fingerprint density at radius 3 is 3.00 bits per heavy atom. The van der Waals surface area contributed by atoms with E-state index >= 15 is 0 Å². The minimum atomic E-state index is -0.368. The van der Waals surface area contributed by atoms with Gasteiger partial charge in [0.05, 0.1) is 11.1 Å². The van der Waals surface area contributed by atoms with Crippen molar-refractivity contribution < 1.29 is 9.18 Å². The summed E-state index contributed by atoms with van der Waals surface area (Å²) in [5.41, 5.74) is 0.565. The molecule has 1 saturated heterocycles. The van der Waals surface area contributed by atoms with E-state index in [2.05, 4.69) is 4.90 Å². The van der Waals surface area contributed by atoms with Gasteiger partial charge in [0, 0.05) is 12.1 Å². The molecule has 98 valence electrons. The first-order valence-electron chi connectivity index (χ1n) is 6.27. The summed E-state index contributed by atoms with van der Waals surface area (Å²) in [4.78, 5) is 13.6. The molecule has 1 aromatic rings. The van der Waals surface area contributed by atoms with Gasteiger partial charge in [-0.15, -0.1) is 0 Å². The molecule has 1 heterocycles. The maximum atomic E-state index is 13.8. The second-order valence-electron chi connectivity index (χ2n) is 4.81. The standard InChI is InChI=1S/C14H17ClFNO/c1-10(18)13-7-2-3-8-17(13)9-11-5-4-6-12(15)14(11)16/h4-6,13H,2-3,7-9H2,1H3. The van der Waals surface area contributed by atoms with Crippen LogP contribution in [0.25, 0.3) is 0 Å². The lowest BCUT2D eigenvalue weighted by molar-refractivity contribution is -0.123. The number of likely N-dealkylation sites (tertiary alicyclic amines) is 1. The van der Waals surface area contributed by atoms with E-state index in [1.807, 2.05) is 0 Å². The highest BCUT2D eigenvalue weighted by molar-refractivity contribution is 6.30. The van der Waals surface area contributed by atoms with Gasteiger partial charge in [-0.25, -0.2) is 4.39 Å². The van der Waals surface area contributed by atoms with Crippen LogP contribution in [0, 0.1) is 5.82 Å². The van der Waals surface area contributed by atoms with Crippen LogP contribution in [0.2, 0.25) is 5.02 Å². The second kappa shape index (κ2) is 5.81. The lowest BCUT2D eigenvalue weighted by Crippen LogP contribution is -2.43. The summed E-state index contributed by atoms with van der Waals surface area (Å²) >= 11 is 5.77. The van der Waals surface area contributed by atoms with Crippen LogP contribution in [0.15, 0.2) is 18.2 Å². The van der Waals surface area contributed by atoms with Crippen molar-refractivity contribution in [1.29, 1.82) is 0 Å². The quantitative estimate of drug-likeness (QED) is 0.838. The minimum Gasteiger partial charge on any atom is -0.298 e. The van der Waals surface area contributed by atoms with Gasteiger partial charge in [0.2, 0.25) is 0 Å². The van der Waals surface area contributed by atoms with E-state index in [1.165, 1.54) is 0 Å². The monoisotopic (exact) mass is 269 g/mol. The van der Waals surface area contributed by atoms with Gasteiger partial charge in [-0.1, -0.05) is 30.2 Å². The highest BCUT2D eigenvalue weighted by Crippen LogP contribution is 2.24. The average molecular weight is 270 g/mol. The fourth-order valence-corrected chi connectivity index (χ4v) is 2.72. The fraction of sp³-hybridized carbons (Fsp3) is 0.500. The number of carbonyl (C=O) groups excluding carboxylic acids is 1. The van der Waals surface area contributed by atoms with Crippen molar-refractivity contribution in [3.05, 3.63) is 34.6 Å². The van der Waals surface area contributed by atoms with Crippen LogP contribution in [0.1, 0.15) is 31.7 Å². The van der Waals surface area contributed by atoms with E-state index in [9.17, 15) is 9.18 Å². The van der Waals surface area contributed by atoms with Crippen molar-refractivity contribution in [2.75, 3.05) is 6.54 Å². The molecule has 2 nitrogen and oxygen atoms in total. The maximum Gasteiger partial charge on any atom is 0.146 e. The minimum absolute atomic E-state index is 0.0721. The first kappa shape index (κ1) is 13.5. The van der Waals surface area contributed by atoms with Crippen molar-refractivity contribution in [3.63, 3.8) is 0 Å². The molecule has 1 atom stereocenters. The summed E-state index contributed by atoms with van der Waals surface area (Å²) < 4.78 is 13.8. The van der Waals surface area contributed by atoms with E-state index in [1.54, 1.807) is 25.1 Å². The zero-order chi connectivity index (χ0) is 13.1. The normalized spacial score (nSPS) is 20.9. The first-order chi connectivity index (χ1) is 8.59. The number of carbonyl (C=O) groups is 1. The van der Waals surface area contributed by atoms with Gasteiger partial charge < -0.3 is 0 Å². The number of piperidine rings is 1. The van der Waals surface area contributed by atoms with Gasteiger partial charge in [0.1, 0.15) is 11.6 Å². The molecule has 0 bridgehead atoms. The third-order valence-corrected chi connectivity index (χ3v) is 3.78. The van der Waals surface area contributed by atoms with Crippen LogP contribution in [0.4, 0.5) is 4.39 Å². The van der Waals surface area contributed by atoms with Crippen molar-refractivity contribution >= 4 is 17.4 Å². The molecule has 1 unspecified atom stereocenters. The third kappa shape index (κ3) is 2.90. The number of Topliss-reactive ketones (excluding diaryl/α,β-unsaturated/α-hetero) is 1. The van der Waals surface area contributed by atoms with Crippen molar-refractivity contribution in [1.82, 2.24) is 4.90 Å². The molecule has 1 aliphatic heterocycles. The Balaban J connectivity index is 2.16. The van der Waals surface area contributed by atoms with Crippen LogP contribution in [-0.2, 0) is 11.3 Å². The molecule has 0 saturated carbocycles. The van der Waals surface area contributed by atoms with Crippen LogP contribution in [0.3, 0.4) is 0 Å². The molecule has 1 aliphatic rings. The molecule has 1 fully saturated rings. The Morgan fingerprint density at radius 1 is 1.50 bits per heavy atom. The molecule has 0 radical (unpaired) electrons. The predicted octanol–water partition coefficient (Wildman–Crippen LogP) is 3.42. The van der Waals surface area contributed by atoms with Crippen LogP contribution in [0.5, 0.6) is 0 Å². The van der Waals surface area contributed by atoms with E-state index in [0.717, 1.165) is 25.8 Å². The molecular weight excluding hydrogens is 253 g/mol. The van der Waals surface area contributed by atoms with Crippen molar-refractivity contribution in [2.24, 2.45) is 0 Å². The second-order valence-corrected chi connectivity index (χ2v) is 5.21. The van der Waals surface area contributed by atoms with Gasteiger partial charge in [0.15, 0.2) is 0 Å². The number of rotatable bonds is 3. The molecular formula is C14H17ClFNO. The number of hydrogen-bond acceptors (Lipinski definition) is 2. The summed E-state index contributed by atoms with van der Waals surface area (Å²) in [5.74, 6) is -0.204. The Kier molecular flexibility index (Phi) is 4.36. The lowest BCUT2D eigenvalue weighted by Gasteiger charge is -2.34. The SMILES string of the molecule is CC(=O)C1CCCCN1Cc1cccc(Cl)c1F. The van der Waals surface area contributed by atoms with Crippen LogP contribution < -0.4 is 0 Å². The third-order valence-electron chi connectivity index (χ3n) is 3.49. The summed E-state index contributed by atoms with van der Waals surface area (Å²) in [6.45, 7) is 2.91. The largest absolute Gasteiger partial charge is 0.298 e. The zero-order valence-electron chi connectivity index (χ0n) is 10.5. The van der Waals surface area contributed by atoms with Crippen molar-refractivity contribution in [2.45, 2.75) is 38.8 Å². The molecule has 0 N–H and O–H groups in total. The summed E-state index contributed by atoms with van der Waals surface area (Å²) in [5, 5.41) is 0.142. The molecule has 2 rings (SSSR count). The van der Waals surface area contributed by atoms with Crippen molar-refractivity contribution in [3.8, 4) is 0 Å². The molecule has 18 heavy (non-hydrogen) atoms. The number of ketones is 1. The Hall–Kier alpha value is -0.930. The van der Waals surface area contributed by atoms with E-state index in [4.69, 9.17) is 11.6 Å². The van der Waals surface area contributed by atoms with Gasteiger partial charge in [-0.2, -0.15) is 0 Å². The van der Waals surface area contributed by atoms with Gasteiger partial charge in [-0.3, -0.25) is 9.69 Å². The van der Waals surface area contributed by atoms with Crippen LogP contribution >= 0.6 is 11.6 Å². The molecule has 0 spiro atoms. The summed E-state index contributed by atoms with van der Waals surface area (Å²) in [6, 6.07) is 4.94. The number of nitrogens with zero attached hydrogens (tertiary/aromatic N) is 1. The van der Waals surface area contributed by atoms with E-state index in [-0.39, 0.29) is 22.7 Å². The van der Waals surface area contributed by atoms with Gasteiger partial charge in [0.25, 0.3) is 0 Å². The Bertz CT molecular complexity index is 449. The predicted molar refractivity (Wildman–Crippen MR) is 70.1 cm³/mol.